The number of hydrogen-bond acceptors (Lipinski definition) is 4. The molecule has 1 fully saturated rings. The molecule has 0 spiro atoms. The third kappa shape index (κ3) is 3.01. The smallest absolute Gasteiger partial charge is 0.224 e. The average Bonchev–Trinajstić information content (AvgIpc) is 2.74. The van der Waals surface area contributed by atoms with Gasteiger partial charge in [0, 0.05) is 29.0 Å². The lowest BCUT2D eigenvalue weighted by Crippen LogP contribution is -2.24. The van der Waals surface area contributed by atoms with Gasteiger partial charge in [-0.3, -0.25) is 4.79 Å². The first kappa shape index (κ1) is 12.9. The summed E-state index contributed by atoms with van der Waals surface area (Å²) in [5.74, 6) is 0.192. The van der Waals surface area contributed by atoms with Gasteiger partial charge in [-0.15, -0.1) is 11.3 Å². The Morgan fingerprint density at radius 1 is 1.59 bits per heavy atom. The molecule has 17 heavy (non-hydrogen) atoms. The first-order valence-electron chi connectivity index (χ1n) is 5.77. The van der Waals surface area contributed by atoms with E-state index in [1.165, 1.54) is 0 Å². The Bertz CT molecular complexity index is 422. The molecule has 1 aliphatic rings. The molecule has 1 amide bonds. The second kappa shape index (κ2) is 4.61. The molecule has 1 aliphatic heterocycles. The van der Waals surface area contributed by atoms with Crippen molar-refractivity contribution < 1.29 is 4.79 Å². The summed E-state index contributed by atoms with van der Waals surface area (Å²) >= 11 is 5.99. The molecule has 0 radical (unpaired) electrons. The van der Waals surface area contributed by atoms with Crippen LogP contribution >= 0.6 is 24.0 Å². The minimum Gasteiger partial charge on any atom is -0.335 e. The number of likely N-dealkylation sites (tertiary alicyclic amines) is 1. The Labute approximate surface area is 112 Å². The van der Waals surface area contributed by atoms with Crippen molar-refractivity contribution in [1.29, 1.82) is 0 Å². The standard InChI is InChI=1S/C12H18N2OS2/c1-12(2,3)9-7-17-10(13-9)6-14-5-8(16)4-11(14)15/h7-8,16H,4-6H2,1-3H3. The molecule has 5 heteroatoms. The van der Waals surface area contributed by atoms with Crippen molar-refractivity contribution in [2.24, 2.45) is 0 Å². The Morgan fingerprint density at radius 3 is 2.76 bits per heavy atom. The summed E-state index contributed by atoms with van der Waals surface area (Å²) in [6, 6.07) is 0. The summed E-state index contributed by atoms with van der Waals surface area (Å²) in [5, 5.41) is 3.30. The molecule has 1 aromatic heterocycles. The largest absolute Gasteiger partial charge is 0.335 e. The molecular weight excluding hydrogens is 252 g/mol. The van der Waals surface area contributed by atoms with Crippen LogP contribution in [0.4, 0.5) is 0 Å². The predicted molar refractivity (Wildman–Crippen MR) is 73.6 cm³/mol. The van der Waals surface area contributed by atoms with Crippen molar-refractivity contribution >= 4 is 29.9 Å². The highest BCUT2D eigenvalue weighted by Gasteiger charge is 2.28. The van der Waals surface area contributed by atoms with Crippen LogP contribution in [0.3, 0.4) is 0 Å². The fraction of sp³-hybridized carbons (Fsp3) is 0.667. The third-order valence-corrected chi connectivity index (χ3v) is 4.02. The van der Waals surface area contributed by atoms with E-state index in [-0.39, 0.29) is 16.6 Å². The highest BCUT2D eigenvalue weighted by Crippen LogP contribution is 2.26. The summed E-state index contributed by atoms with van der Waals surface area (Å²) in [7, 11) is 0. The van der Waals surface area contributed by atoms with E-state index >= 15 is 0 Å². The molecule has 94 valence electrons. The maximum Gasteiger partial charge on any atom is 0.224 e. The molecule has 2 heterocycles. The zero-order valence-electron chi connectivity index (χ0n) is 10.4. The number of nitrogens with zero attached hydrogens (tertiary/aromatic N) is 2. The van der Waals surface area contributed by atoms with Crippen molar-refractivity contribution in [2.75, 3.05) is 6.54 Å². The predicted octanol–water partition coefficient (Wildman–Crippen LogP) is 2.47. The average molecular weight is 270 g/mol. The minimum atomic E-state index is 0.0792. The van der Waals surface area contributed by atoms with Gasteiger partial charge in [0.2, 0.25) is 5.91 Å². The maximum atomic E-state index is 11.6. The molecule has 3 nitrogen and oxygen atoms in total. The van der Waals surface area contributed by atoms with E-state index in [4.69, 9.17) is 0 Å². The van der Waals surface area contributed by atoms with Gasteiger partial charge in [0.15, 0.2) is 0 Å². The number of carbonyl (C=O) groups is 1. The van der Waals surface area contributed by atoms with Gasteiger partial charge in [-0.05, 0) is 0 Å². The fourth-order valence-electron chi connectivity index (χ4n) is 1.80. The minimum absolute atomic E-state index is 0.0792. The lowest BCUT2D eigenvalue weighted by atomic mass is 9.93. The molecule has 1 saturated heterocycles. The molecule has 2 rings (SSSR count). The number of aromatic nitrogens is 1. The Balaban J connectivity index is 2.05. The SMILES string of the molecule is CC(C)(C)c1csc(CN2CC(S)CC2=O)n1. The summed E-state index contributed by atoms with van der Waals surface area (Å²) < 4.78 is 0. The topological polar surface area (TPSA) is 33.2 Å². The second-order valence-corrected chi connectivity index (χ2v) is 7.18. The number of thiazole rings is 1. The zero-order chi connectivity index (χ0) is 12.6. The van der Waals surface area contributed by atoms with Crippen LogP contribution in [0.2, 0.25) is 0 Å². The van der Waals surface area contributed by atoms with Crippen molar-refractivity contribution in [1.82, 2.24) is 9.88 Å². The van der Waals surface area contributed by atoms with Gasteiger partial charge in [0.05, 0.1) is 12.2 Å². The molecule has 0 aromatic carbocycles. The van der Waals surface area contributed by atoms with Crippen LogP contribution < -0.4 is 0 Å². The van der Waals surface area contributed by atoms with E-state index < -0.39 is 0 Å². The first-order chi connectivity index (χ1) is 7.86. The van der Waals surface area contributed by atoms with Crippen molar-refractivity contribution in [3.8, 4) is 0 Å². The number of rotatable bonds is 2. The van der Waals surface area contributed by atoms with Crippen LogP contribution in [-0.2, 0) is 16.8 Å². The molecule has 1 unspecified atom stereocenters. The van der Waals surface area contributed by atoms with Crippen LogP contribution in [-0.4, -0.2) is 27.6 Å². The second-order valence-electron chi connectivity index (χ2n) is 5.51. The third-order valence-electron chi connectivity index (χ3n) is 2.84. The molecule has 0 bridgehead atoms. The van der Waals surface area contributed by atoms with Crippen LogP contribution in [0.1, 0.15) is 37.9 Å². The normalized spacial score (nSPS) is 21.3. The lowest BCUT2D eigenvalue weighted by Gasteiger charge is -2.15. The first-order valence-corrected chi connectivity index (χ1v) is 7.16. The highest BCUT2D eigenvalue weighted by atomic mass is 32.1. The summed E-state index contributed by atoms with van der Waals surface area (Å²) in [4.78, 5) is 18.1. The van der Waals surface area contributed by atoms with E-state index in [9.17, 15) is 4.79 Å². The van der Waals surface area contributed by atoms with Crippen LogP contribution in [0, 0.1) is 0 Å². The Kier molecular flexibility index (Phi) is 3.50. The van der Waals surface area contributed by atoms with Gasteiger partial charge in [0.25, 0.3) is 0 Å². The monoisotopic (exact) mass is 270 g/mol. The van der Waals surface area contributed by atoms with Crippen molar-refractivity contribution in [3.63, 3.8) is 0 Å². The van der Waals surface area contributed by atoms with Crippen LogP contribution in [0.5, 0.6) is 0 Å². The van der Waals surface area contributed by atoms with Gasteiger partial charge in [0.1, 0.15) is 5.01 Å². The fourth-order valence-corrected chi connectivity index (χ4v) is 3.18. The summed E-state index contributed by atoms with van der Waals surface area (Å²) in [5.41, 5.74) is 1.18. The Morgan fingerprint density at radius 2 is 2.29 bits per heavy atom. The molecule has 0 saturated carbocycles. The lowest BCUT2D eigenvalue weighted by molar-refractivity contribution is -0.128. The highest BCUT2D eigenvalue weighted by molar-refractivity contribution is 7.81. The summed E-state index contributed by atoms with van der Waals surface area (Å²) in [6.45, 7) is 7.83. The van der Waals surface area contributed by atoms with Crippen molar-refractivity contribution in [3.05, 3.63) is 16.1 Å². The number of thiol groups is 1. The van der Waals surface area contributed by atoms with E-state index in [0.717, 1.165) is 17.2 Å². The van der Waals surface area contributed by atoms with E-state index in [0.29, 0.717) is 13.0 Å². The summed E-state index contributed by atoms with van der Waals surface area (Å²) in [6.07, 6.45) is 0.556. The van der Waals surface area contributed by atoms with Gasteiger partial charge in [-0.25, -0.2) is 4.98 Å². The van der Waals surface area contributed by atoms with E-state index in [1.807, 2.05) is 4.90 Å². The van der Waals surface area contributed by atoms with Crippen LogP contribution in [0.15, 0.2) is 5.38 Å². The van der Waals surface area contributed by atoms with E-state index in [1.54, 1.807) is 11.3 Å². The van der Waals surface area contributed by atoms with Crippen molar-refractivity contribution in [2.45, 2.75) is 44.4 Å². The number of amides is 1. The Hall–Kier alpha value is -0.550. The zero-order valence-corrected chi connectivity index (χ0v) is 12.1. The van der Waals surface area contributed by atoms with E-state index in [2.05, 4.69) is 43.8 Å². The van der Waals surface area contributed by atoms with Gasteiger partial charge in [-0.2, -0.15) is 12.6 Å². The molecule has 0 aliphatic carbocycles. The molecular formula is C12H18N2OS2. The molecule has 1 atom stereocenters. The van der Waals surface area contributed by atoms with Crippen LogP contribution in [0.25, 0.3) is 0 Å². The number of hydrogen-bond donors (Lipinski definition) is 1. The molecule has 0 N–H and O–H groups in total. The quantitative estimate of drug-likeness (QED) is 0.838. The van der Waals surface area contributed by atoms with Gasteiger partial charge < -0.3 is 4.90 Å². The maximum absolute atomic E-state index is 11.6. The van der Waals surface area contributed by atoms with Gasteiger partial charge in [-0.1, -0.05) is 20.8 Å². The molecule has 1 aromatic rings. The number of carbonyl (C=O) groups excluding carboxylic acids is 1. The van der Waals surface area contributed by atoms with Gasteiger partial charge >= 0.3 is 0 Å².